The van der Waals surface area contributed by atoms with E-state index in [9.17, 15) is 0 Å². The Hall–Kier alpha value is -2.20. The van der Waals surface area contributed by atoms with E-state index in [4.69, 9.17) is 14.0 Å². The van der Waals surface area contributed by atoms with Crippen LogP contribution in [0.5, 0.6) is 11.5 Å². The van der Waals surface area contributed by atoms with Gasteiger partial charge in [-0.15, -0.1) is 23.7 Å². The van der Waals surface area contributed by atoms with Crippen molar-refractivity contribution in [3.05, 3.63) is 29.4 Å². The molecule has 5 rings (SSSR count). The lowest BCUT2D eigenvalue weighted by Crippen LogP contribution is -2.44. The number of likely N-dealkylation sites (N-methyl/N-ethyl adjacent to an activating group) is 1. The van der Waals surface area contributed by atoms with Crippen molar-refractivity contribution in [2.75, 3.05) is 33.5 Å². The van der Waals surface area contributed by atoms with Gasteiger partial charge in [0, 0.05) is 30.6 Å². The molecule has 1 aromatic carbocycles. The number of nitrogens with zero attached hydrogens (tertiary/aromatic N) is 4. The molecule has 0 amide bonds. The summed E-state index contributed by atoms with van der Waals surface area (Å²) in [5.41, 5.74) is 1.66. The molecule has 1 atom stereocenters. The lowest BCUT2D eigenvalue weighted by molar-refractivity contribution is 0.174. The molecule has 1 N–H and O–H groups in total. The first kappa shape index (κ1) is 18.2. The highest BCUT2D eigenvalue weighted by molar-refractivity contribution is 7.13. The van der Waals surface area contributed by atoms with Crippen molar-refractivity contribution >= 4 is 23.7 Å². The van der Waals surface area contributed by atoms with Crippen molar-refractivity contribution in [3.8, 4) is 33.7 Å². The number of piperazine rings is 1. The van der Waals surface area contributed by atoms with Gasteiger partial charge < -0.3 is 19.3 Å². The predicted molar refractivity (Wildman–Crippen MR) is 102 cm³/mol. The van der Waals surface area contributed by atoms with E-state index in [2.05, 4.69) is 32.4 Å². The second-order valence-corrected chi connectivity index (χ2v) is 7.12. The highest BCUT2D eigenvalue weighted by Gasteiger charge is 2.26. The summed E-state index contributed by atoms with van der Waals surface area (Å²) in [6, 6.07) is 5.92. The lowest BCUT2D eigenvalue weighted by Gasteiger charge is -2.30. The topological polar surface area (TPSA) is 85.5 Å². The fourth-order valence-electron chi connectivity index (χ4n) is 3.10. The molecule has 8 nitrogen and oxygen atoms in total. The van der Waals surface area contributed by atoms with E-state index < -0.39 is 0 Å². The molecule has 0 bridgehead atoms. The Morgan fingerprint density at radius 1 is 1.22 bits per heavy atom. The minimum absolute atomic E-state index is 0. The smallest absolute Gasteiger partial charge is 0.277 e. The first-order chi connectivity index (χ1) is 12.8. The van der Waals surface area contributed by atoms with E-state index in [0.717, 1.165) is 41.7 Å². The van der Waals surface area contributed by atoms with Gasteiger partial charge in [-0.3, -0.25) is 4.90 Å². The largest absolute Gasteiger partial charge is 0.454 e. The molecule has 2 aliphatic heterocycles. The molecule has 2 aromatic heterocycles. The maximum atomic E-state index is 5.46. The Morgan fingerprint density at radius 2 is 2.11 bits per heavy atom. The molecule has 1 fully saturated rings. The van der Waals surface area contributed by atoms with Crippen LogP contribution in [0.2, 0.25) is 0 Å². The fourth-order valence-corrected chi connectivity index (χ4v) is 3.89. The summed E-state index contributed by atoms with van der Waals surface area (Å²) in [6.45, 7) is 3.01. The zero-order valence-electron chi connectivity index (χ0n) is 14.5. The van der Waals surface area contributed by atoms with Crippen molar-refractivity contribution in [2.45, 2.75) is 6.04 Å². The summed E-state index contributed by atoms with van der Waals surface area (Å²) in [5.74, 6) is 2.64. The zero-order chi connectivity index (χ0) is 17.5. The monoisotopic (exact) mass is 407 g/mol. The Morgan fingerprint density at radius 3 is 3.00 bits per heavy atom. The van der Waals surface area contributed by atoms with Crippen LogP contribution in [0.1, 0.15) is 11.9 Å². The molecule has 0 aliphatic carbocycles. The summed E-state index contributed by atoms with van der Waals surface area (Å²) in [6.07, 6.45) is 0. The number of aromatic nitrogens is 3. The van der Waals surface area contributed by atoms with Crippen LogP contribution in [0.3, 0.4) is 0 Å². The Balaban J connectivity index is 0.00000180. The number of fused-ring (bicyclic) bond motifs is 1. The minimum atomic E-state index is 0. The molecule has 3 aromatic rings. The number of hydrogen-bond acceptors (Lipinski definition) is 9. The van der Waals surface area contributed by atoms with Crippen molar-refractivity contribution in [3.63, 3.8) is 0 Å². The van der Waals surface area contributed by atoms with Crippen LogP contribution in [-0.2, 0) is 0 Å². The van der Waals surface area contributed by atoms with Crippen molar-refractivity contribution < 1.29 is 14.0 Å². The quantitative estimate of drug-likeness (QED) is 0.709. The Bertz CT molecular complexity index is 946. The molecule has 142 valence electrons. The van der Waals surface area contributed by atoms with Gasteiger partial charge in [0.15, 0.2) is 17.3 Å². The van der Waals surface area contributed by atoms with Gasteiger partial charge in [0.25, 0.3) is 5.89 Å². The number of rotatable bonds is 3. The number of halogens is 1. The highest BCUT2D eigenvalue weighted by atomic mass is 35.5. The molecular formula is C17H18ClN5O3S. The van der Waals surface area contributed by atoms with Crippen molar-refractivity contribution in [1.82, 2.24) is 25.3 Å². The van der Waals surface area contributed by atoms with E-state index in [1.807, 2.05) is 23.6 Å². The average Bonchev–Trinajstić information content (AvgIpc) is 3.40. The lowest BCUT2D eigenvalue weighted by atomic mass is 10.2. The van der Waals surface area contributed by atoms with Gasteiger partial charge in [-0.25, -0.2) is 4.98 Å². The third kappa shape index (κ3) is 3.39. The summed E-state index contributed by atoms with van der Waals surface area (Å²) >= 11 is 1.53. The molecular weight excluding hydrogens is 390 g/mol. The molecule has 1 unspecified atom stereocenters. The van der Waals surface area contributed by atoms with Gasteiger partial charge in [-0.05, 0) is 25.2 Å². The molecule has 4 heterocycles. The van der Waals surface area contributed by atoms with Crippen LogP contribution >= 0.6 is 23.7 Å². The number of benzene rings is 1. The molecule has 2 aliphatic rings. The summed E-state index contributed by atoms with van der Waals surface area (Å²) in [5, 5.41) is 10.3. The standard InChI is InChI=1S/C17H17N5O3S.ClH/c1-22-5-4-18-7-12(22)15-20-16(25-21-15)11-8-26-17(19-11)10-2-3-13-14(6-10)24-9-23-13;/h2-3,6,8,12,18H,4-5,7,9H2,1H3;1H. The maximum absolute atomic E-state index is 5.46. The van der Waals surface area contributed by atoms with Gasteiger partial charge in [0.2, 0.25) is 6.79 Å². The third-order valence-corrected chi connectivity index (χ3v) is 5.48. The predicted octanol–water partition coefficient (Wildman–Crippen LogP) is 2.59. The molecule has 0 saturated carbocycles. The second kappa shape index (κ2) is 7.43. The van der Waals surface area contributed by atoms with Gasteiger partial charge >= 0.3 is 0 Å². The van der Waals surface area contributed by atoms with Gasteiger partial charge in [0.05, 0.1) is 6.04 Å². The van der Waals surface area contributed by atoms with Crippen LogP contribution in [0.15, 0.2) is 28.1 Å². The second-order valence-electron chi connectivity index (χ2n) is 6.26. The zero-order valence-corrected chi connectivity index (χ0v) is 16.2. The molecule has 27 heavy (non-hydrogen) atoms. The maximum Gasteiger partial charge on any atom is 0.277 e. The van der Waals surface area contributed by atoms with Crippen LogP contribution in [-0.4, -0.2) is 53.5 Å². The highest BCUT2D eigenvalue weighted by Crippen LogP contribution is 2.37. The number of thiazole rings is 1. The van der Waals surface area contributed by atoms with E-state index in [-0.39, 0.29) is 25.2 Å². The molecule has 1 saturated heterocycles. The normalized spacial score (nSPS) is 19.1. The third-order valence-electron chi connectivity index (χ3n) is 4.59. The summed E-state index contributed by atoms with van der Waals surface area (Å²) in [4.78, 5) is 11.4. The first-order valence-electron chi connectivity index (χ1n) is 8.38. The van der Waals surface area contributed by atoms with Gasteiger partial charge in [-0.1, -0.05) is 5.16 Å². The minimum Gasteiger partial charge on any atom is -0.454 e. The van der Waals surface area contributed by atoms with Crippen LogP contribution in [0, 0.1) is 0 Å². The van der Waals surface area contributed by atoms with Crippen LogP contribution in [0.25, 0.3) is 22.2 Å². The van der Waals surface area contributed by atoms with Crippen LogP contribution < -0.4 is 14.8 Å². The fraction of sp³-hybridized carbons (Fsp3) is 0.353. The number of nitrogens with one attached hydrogen (secondary N) is 1. The number of ether oxygens (including phenoxy) is 2. The molecule has 10 heteroatoms. The molecule has 0 radical (unpaired) electrons. The van der Waals surface area contributed by atoms with E-state index in [1.54, 1.807) is 0 Å². The average molecular weight is 408 g/mol. The first-order valence-corrected chi connectivity index (χ1v) is 9.26. The summed E-state index contributed by atoms with van der Waals surface area (Å²) < 4.78 is 16.2. The van der Waals surface area contributed by atoms with Crippen LogP contribution in [0.4, 0.5) is 0 Å². The van der Waals surface area contributed by atoms with E-state index >= 15 is 0 Å². The Labute approximate surface area is 165 Å². The van der Waals surface area contributed by atoms with Gasteiger partial charge in [0.1, 0.15) is 10.7 Å². The SMILES string of the molecule is CN1CCNCC1c1noc(-c2csc(-c3ccc4c(c3)OCO4)n2)n1.Cl. The summed E-state index contributed by atoms with van der Waals surface area (Å²) in [7, 11) is 2.07. The Kier molecular flexibility index (Phi) is 5.00. The van der Waals surface area contributed by atoms with Crippen molar-refractivity contribution in [1.29, 1.82) is 0 Å². The molecule has 0 spiro atoms. The van der Waals surface area contributed by atoms with E-state index in [1.165, 1.54) is 11.3 Å². The van der Waals surface area contributed by atoms with Crippen molar-refractivity contribution in [2.24, 2.45) is 0 Å². The van der Waals surface area contributed by atoms with Gasteiger partial charge in [-0.2, -0.15) is 4.98 Å². The number of hydrogen-bond donors (Lipinski definition) is 1. The van der Waals surface area contributed by atoms with E-state index in [0.29, 0.717) is 17.4 Å².